The minimum atomic E-state index is -0.303. The number of nitrogens with zero attached hydrogens (tertiary/aromatic N) is 4. The number of hydrogen-bond acceptors (Lipinski definition) is 7. The highest BCUT2D eigenvalue weighted by Crippen LogP contribution is 2.33. The van der Waals surface area contributed by atoms with Crippen LogP contribution < -0.4 is 16.2 Å². The molecule has 2 aromatic rings. The second-order valence-corrected chi connectivity index (χ2v) is 8.66. The maximum Gasteiger partial charge on any atom is 0.267 e. The number of carbonyl (C=O) groups excluding carboxylic acids is 2. The van der Waals surface area contributed by atoms with E-state index < -0.39 is 0 Å². The molecule has 2 N–H and O–H groups in total. The van der Waals surface area contributed by atoms with Gasteiger partial charge in [0, 0.05) is 32.3 Å². The van der Waals surface area contributed by atoms with Crippen molar-refractivity contribution >= 4 is 57.7 Å². The van der Waals surface area contributed by atoms with Crippen LogP contribution in [0.15, 0.2) is 34.1 Å². The number of pyridine rings is 1. The molecule has 4 rings (SSSR count). The van der Waals surface area contributed by atoms with Gasteiger partial charge in [-0.2, -0.15) is 0 Å². The van der Waals surface area contributed by atoms with Crippen LogP contribution in [0.2, 0.25) is 0 Å². The number of primary amides is 1. The maximum atomic E-state index is 13.2. The highest BCUT2D eigenvalue weighted by Gasteiger charge is 2.31. The highest BCUT2D eigenvalue weighted by molar-refractivity contribution is 8.26. The van der Waals surface area contributed by atoms with Gasteiger partial charge in [0.1, 0.15) is 15.8 Å². The fourth-order valence-electron chi connectivity index (χ4n) is 3.51. The van der Waals surface area contributed by atoms with Crippen LogP contribution in [-0.4, -0.2) is 50.6 Å². The quantitative estimate of drug-likeness (QED) is 0.578. The lowest BCUT2D eigenvalue weighted by atomic mass is 9.96. The number of hydrogen-bond donors (Lipinski definition) is 1. The molecule has 29 heavy (non-hydrogen) atoms. The molecule has 0 aromatic carbocycles. The van der Waals surface area contributed by atoms with Crippen LogP contribution in [0.3, 0.4) is 0 Å². The molecule has 0 spiro atoms. The predicted molar refractivity (Wildman–Crippen MR) is 117 cm³/mol. The van der Waals surface area contributed by atoms with Gasteiger partial charge in [-0.3, -0.25) is 23.7 Å². The van der Waals surface area contributed by atoms with Crippen LogP contribution in [0.1, 0.15) is 18.4 Å². The third-order valence-corrected chi connectivity index (χ3v) is 6.69. The third-order valence-electron chi connectivity index (χ3n) is 5.21. The molecule has 0 radical (unpaired) electrons. The van der Waals surface area contributed by atoms with E-state index >= 15 is 0 Å². The number of rotatable bonds is 3. The van der Waals surface area contributed by atoms with E-state index in [1.807, 2.05) is 11.0 Å². The topological polar surface area (TPSA) is 101 Å². The first-order valence-electron chi connectivity index (χ1n) is 9.14. The van der Waals surface area contributed by atoms with Gasteiger partial charge in [-0.05, 0) is 31.1 Å². The molecule has 2 saturated heterocycles. The number of likely N-dealkylation sites (N-methyl/N-ethyl adjacent to an activating group) is 1. The highest BCUT2D eigenvalue weighted by atomic mass is 32.2. The van der Waals surface area contributed by atoms with Crippen molar-refractivity contribution in [3.63, 3.8) is 0 Å². The number of fused-ring (bicyclic) bond motifs is 1. The Balaban J connectivity index is 1.82. The fraction of sp³-hybridized carbons (Fsp3) is 0.316. The van der Waals surface area contributed by atoms with Gasteiger partial charge in [0.25, 0.3) is 11.5 Å². The fourth-order valence-corrected chi connectivity index (χ4v) is 4.67. The van der Waals surface area contributed by atoms with Crippen LogP contribution in [0.25, 0.3) is 11.7 Å². The van der Waals surface area contributed by atoms with Gasteiger partial charge in [0.15, 0.2) is 0 Å². The SMILES string of the molecule is CN1C(=O)/C(=C\c2c(N3CCC(C(N)=O)CC3)nc3ccccn3c2=O)SC1=S. The molecule has 4 heterocycles. The molecular weight excluding hydrogens is 410 g/mol. The van der Waals surface area contributed by atoms with E-state index in [2.05, 4.69) is 0 Å². The molecule has 0 unspecified atom stereocenters. The molecule has 2 aromatic heterocycles. The molecule has 2 aliphatic heterocycles. The number of piperidine rings is 1. The number of aromatic nitrogens is 2. The van der Waals surface area contributed by atoms with E-state index in [-0.39, 0.29) is 23.3 Å². The Labute approximate surface area is 176 Å². The summed E-state index contributed by atoms with van der Waals surface area (Å²) in [4.78, 5) is 45.6. The lowest BCUT2D eigenvalue weighted by Gasteiger charge is -2.32. The number of anilines is 1. The first kappa shape index (κ1) is 19.6. The summed E-state index contributed by atoms with van der Waals surface area (Å²) >= 11 is 6.36. The standard InChI is InChI=1S/C19H19N5O3S2/c1-22-18(27)13(29-19(22)28)10-12-16(23-8-5-11(6-9-23)15(20)25)21-14-4-2-3-7-24(14)17(12)26/h2-4,7,10-11H,5-6,8-9H2,1H3,(H2,20,25)/b13-10+. The Bertz CT molecular complexity index is 1120. The summed E-state index contributed by atoms with van der Waals surface area (Å²) in [7, 11) is 1.61. The zero-order valence-corrected chi connectivity index (χ0v) is 17.3. The summed E-state index contributed by atoms with van der Waals surface area (Å²) in [6.45, 7) is 1.11. The van der Waals surface area contributed by atoms with Crippen molar-refractivity contribution in [2.24, 2.45) is 11.7 Å². The molecule has 2 amide bonds. The summed E-state index contributed by atoms with van der Waals surface area (Å²) in [5, 5.41) is 0. The summed E-state index contributed by atoms with van der Waals surface area (Å²) < 4.78 is 1.90. The Morgan fingerprint density at radius 2 is 2.03 bits per heavy atom. The number of thiocarbonyl (C=S) groups is 1. The molecule has 2 aliphatic rings. The second kappa shape index (κ2) is 7.60. The minimum absolute atomic E-state index is 0.174. The monoisotopic (exact) mass is 429 g/mol. The lowest BCUT2D eigenvalue weighted by Crippen LogP contribution is -2.40. The zero-order valence-electron chi connectivity index (χ0n) is 15.7. The molecule has 0 bridgehead atoms. The van der Waals surface area contributed by atoms with E-state index in [1.54, 1.807) is 31.5 Å². The lowest BCUT2D eigenvalue weighted by molar-refractivity contribution is -0.122. The van der Waals surface area contributed by atoms with E-state index in [1.165, 1.54) is 9.30 Å². The molecule has 0 atom stereocenters. The molecule has 8 nitrogen and oxygen atoms in total. The number of amides is 2. The summed E-state index contributed by atoms with van der Waals surface area (Å²) in [6.07, 6.45) is 4.42. The van der Waals surface area contributed by atoms with Gasteiger partial charge < -0.3 is 10.6 Å². The second-order valence-electron chi connectivity index (χ2n) is 6.99. The van der Waals surface area contributed by atoms with Crippen molar-refractivity contribution < 1.29 is 9.59 Å². The zero-order chi connectivity index (χ0) is 20.7. The van der Waals surface area contributed by atoms with Gasteiger partial charge in [0.2, 0.25) is 5.91 Å². The largest absolute Gasteiger partial charge is 0.369 e. The number of carbonyl (C=O) groups is 2. The first-order chi connectivity index (χ1) is 13.9. The summed E-state index contributed by atoms with van der Waals surface area (Å²) in [5.74, 6) is -0.211. The van der Waals surface area contributed by atoms with Crippen molar-refractivity contribution in [1.82, 2.24) is 14.3 Å². The molecule has 10 heteroatoms. The summed E-state index contributed by atoms with van der Waals surface area (Å²) in [5.41, 5.74) is 6.03. The maximum absolute atomic E-state index is 13.2. The molecule has 0 saturated carbocycles. The van der Waals surface area contributed by atoms with Gasteiger partial charge in [-0.25, -0.2) is 4.98 Å². The molecule has 150 valence electrons. The van der Waals surface area contributed by atoms with Crippen LogP contribution in [0.5, 0.6) is 0 Å². The predicted octanol–water partition coefficient (Wildman–Crippen LogP) is 1.23. The summed E-state index contributed by atoms with van der Waals surface area (Å²) in [6, 6.07) is 5.33. The van der Waals surface area contributed by atoms with Crippen molar-refractivity contribution in [3.05, 3.63) is 45.2 Å². The van der Waals surface area contributed by atoms with Crippen molar-refractivity contribution in [2.45, 2.75) is 12.8 Å². The normalized spacial score (nSPS) is 19.6. The van der Waals surface area contributed by atoms with E-state index in [0.29, 0.717) is 52.2 Å². The van der Waals surface area contributed by atoms with E-state index in [9.17, 15) is 14.4 Å². The Kier molecular flexibility index (Phi) is 5.13. The average Bonchev–Trinajstić information content (AvgIpc) is 2.96. The van der Waals surface area contributed by atoms with Crippen LogP contribution in [-0.2, 0) is 9.59 Å². The van der Waals surface area contributed by atoms with Gasteiger partial charge in [0.05, 0.1) is 10.5 Å². The molecule has 0 aliphatic carbocycles. The Morgan fingerprint density at radius 3 is 2.66 bits per heavy atom. The van der Waals surface area contributed by atoms with Crippen LogP contribution >= 0.6 is 24.0 Å². The van der Waals surface area contributed by atoms with Gasteiger partial charge in [-0.15, -0.1) is 0 Å². The van der Waals surface area contributed by atoms with Crippen molar-refractivity contribution in [1.29, 1.82) is 0 Å². The van der Waals surface area contributed by atoms with Crippen LogP contribution in [0, 0.1) is 5.92 Å². The minimum Gasteiger partial charge on any atom is -0.369 e. The smallest absolute Gasteiger partial charge is 0.267 e. The average molecular weight is 430 g/mol. The number of thioether (sulfide) groups is 1. The Morgan fingerprint density at radius 1 is 1.31 bits per heavy atom. The molecule has 2 fully saturated rings. The number of nitrogens with two attached hydrogens (primary N) is 1. The van der Waals surface area contributed by atoms with Gasteiger partial charge >= 0.3 is 0 Å². The van der Waals surface area contributed by atoms with Crippen LogP contribution in [0.4, 0.5) is 5.82 Å². The van der Waals surface area contributed by atoms with Crippen molar-refractivity contribution in [3.8, 4) is 0 Å². The third kappa shape index (κ3) is 3.53. The van der Waals surface area contributed by atoms with E-state index in [0.717, 1.165) is 11.8 Å². The van der Waals surface area contributed by atoms with Crippen molar-refractivity contribution in [2.75, 3.05) is 25.0 Å². The molecular formula is C19H19N5O3S2. The first-order valence-corrected chi connectivity index (χ1v) is 10.4. The van der Waals surface area contributed by atoms with Gasteiger partial charge in [-0.1, -0.05) is 30.0 Å². The Hall–Kier alpha value is -2.72. The van der Waals surface area contributed by atoms with E-state index in [4.69, 9.17) is 22.9 Å².